The number of aryl methyl sites for hydroxylation is 2. The zero-order valence-electron chi connectivity index (χ0n) is 11.1. The van der Waals surface area contributed by atoms with Crippen LogP contribution in [0.15, 0.2) is 18.5 Å². The number of nitrogens with one attached hydrogen (secondary N) is 1. The van der Waals surface area contributed by atoms with Crippen molar-refractivity contribution in [1.82, 2.24) is 9.36 Å². The molecule has 100 valence electrons. The van der Waals surface area contributed by atoms with E-state index in [9.17, 15) is 4.79 Å². The maximum absolute atomic E-state index is 11.9. The topological polar surface area (TPSA) is 64.1 Å². The van der Waals surface area contributed by atoms with Crippen molar-refractivity contribution in [2.75, 3.05) is 11.9 Å². The largest absolute Gasteiger partial charge is 0.462 e. The van der Waals surface area contributed by atoms with Gasteiger partial charge in [-0.1, -0.05) is 0 Å². The van der Waals surface area contributed by atoms with Crippen molar-refractivity contribution in [1.29, 1.82) is 0 Å². The minimum Gasteiger partial charge on any atom is -0.462 e. The number of carbonyl (C=O) groups is 1. The van der Waals surface area contributed by atoms with Crippen LogP contribution in [-0.2, 0) is 4.74 Å². The first kappa shape index (κ1) is 13.5. The third-order valence-electron chi connectivity index (χ3n) is 2.48. The van der Waals surface area contributed by atoms with E-state index in [1.807, 2.05) is 13.0 Å². The Morgan fingerprint density at radius 2 is 2.21 bits per heavy atom. The van der Waals surface area contributed by atoms with Gasteiger partial charge in [-0.15, -0.1) is 0 Å². The maximum atomic E-state index is 11.9. The summed E-state index contributed by atoms with van der Waals surface area (Å²) in [4.78, 5) is 16.0. The molecule has 2 heterocycles. The van der Waals surface area contributed by atoms with Gasteiger partial charge in [-0.05, 0) is 43.9 Å². The van der Waals surface area contributed by atoms with Crippen LogP contribution in [0.2, 0.25) is 0 Å². The van der Waals surface area contributed by atoms with Crippen molar-refractivity contribution in [3.63, 3.8) is 0 Å². The SMILES string of the molecule is CCOC(=O)c1c(C)nsc1Nc1cncc(C)c1. The van der Waals surface area contributed by atoms with Gasteiger partial charge in [0.15, 0.2) is 0 Å². The average Bonchev–Trinajstić information content (AvgIpc) is 2.71. The zero-order valence-corrected chi connectivity index (χ0v) is 11.9. The number of hydrogen-bond acceptors (Lipinski definition) is 6. The fourth-order valence-electron chi connectivity index (χ4n) is 1.65. The van der Waals surface area contributed by atoms with Crippen LogP contribution in [0.5, 0.6) is 0 Å². The molecule has 1 N–H and O–H groups in total. The molecule has 0 fully saturated rings. The molecule has 2 aromatic rings. The van der Waals surface area contributed by atoms with E-state index in [-0.39, 0.29) is 5.97 Å². The van der Waals surface area contributed by atoms with Crippen LogP contribution >= 0.6 is 11.5 Å². The van der Waals surface area contributed by atoms with Gasteiger partial charge >= 0.3 is 5.97 Å². The molecule has 2 aromatic heterocycles. The Balaban J connectivity index is 2.28. The molecule has 0 bridgehead atoms. The first-order valence-corrected chi connectivity index (χ1v) is 6.71. The van der Waals surface area contributed by atoms with E-state index in [2.05, 4.69) is 14.7 Å². The summed E-state index contributed by atoms with van der Waals surface area (Å²) in [5.74, 6) is -0.350. The van der Waals surface area contributed by atoms with Crippen molar-refractivity contribution in [2.45, 2.75) is 20.8 Å². The smallest absolute Gasteiger partial charge is 0.343 e. The first-order chi connectivity index (χ1) is 9.11. The second-order valence-electron chi connectivity index (χ2n) is 4.07. The molecule has 0 saturated heterocycles. The zero-order chi connectivity index (χ0) is 13.8. The minimum absolute atomic E-state index is 0.347. The number of esters is 1. The Morgan fingerprint density at radius 1 is 1.42 bits per heavy atom. The number of hydrogen-bond donors (Lipinski definition) is 1. The molecule has 0 amide bonds. The van der Waals surface area contributed by atoms with Crippen LogP contribution in [0.1, 0.15) is 28.5 Å². The highest BCUT2D eigenvalue weighted by Crippen LogP contribution is 2.28. The molecule has 2 rings (SSSR count). The van der Waals surface area contributed by atoms with Crippen LogP contribution < -0.4 is 5.32 Å². The summed E-state index contributed by atoms with van der Waals surface area (Å²) in [5, 5.41) is 3.85. The standard InChI is InChI=1S/C13H15N3O2S/c1-4-18-13(17)11-9(3)16-19-12(11)15-10-5-8(2)6-14-7-10/h5-7,15H,4H2,1-3H3. The Labute approximate surface area is 115 Å². The van der Waals surface area contributed by atoms with Gasteiger partial charge in [0.2, 0.25) is 0 Å². The number of pyridine rings is 1. The van der Waals surface area contributed by atoms with Crippen LogP contribution in [0.3, 0.4) is 0 Å². The Morgan fingerprint density at radius 3 is 2.89 bits per heavy atom. The normalized spacial score (nSPS) is 10.3. The molecule has 0 aliphatic rings. The third-order valence-corrected chi connectivity index (χ3v) is 3.33. The molecule has 0 aromatic carbocycles. The van der Waals surface area contributed by atoms with Gasteiger partial charge in [0, 0.05) is 6.20 Å². The molecule has 0 unspecified atom stereocenters. The van der Waals surface area contributed by atoms with Crippen molar-refractivity contribution < 1.29 is 9.53 Å². The van der Waals surface area contributed by atoms with Gasteiger partial charge in [-0.2, -0.15) is 4.37 Å². The molecule has 0 spiro atoms. The molecular weight excluding hydrogens is 262 g/mol. The molecule has 19 heavy (non-hydrogen) atoms. The third kappa shape index (κ3) is 3.08. The van der Waals surface area contributed by atoms with Crippen LogP contribution in [-0.4, -0.2) is 21.9 Å². The summed E-state index contributed by atoms with van der Waals surface area (Å²) in [7, 11) is 0. The number of aromatic nitrogens is 2. The quantitative estimate of drug-likeness (QED) is 0.870. The molecule has 6 heteroatoms. The fourth-order valence-corrected chi connectivity index (χ4v) is 2.46. The highest BCUT2D eigenvalue weighted by atomic mass is 32.1. The summed E-state index contributed by atoms with van der Waals surface area (Å²) in [6, 6.07) is 1.96. The second kappa shape index (κ2) is 5.79. The van der Waals surface area contributed by atoms with Crippen LogP contribution in [0.25, 0.3) is 0 Å². The summed E-state index contributed by atoms with van der Waals surface area (Å²) in [5.41, 5.74) is 3.04. The summed E-state index contributed by atoms with van der Waals surface area (Å²) < 4.78 is 9.24. The number of rotatable bonds is 4. The Hall–Kier alpha value is -1.95. The van der Waals surface area contributed by atoms with E-state index in [1.54, 1.807) is 26.2 Å². The number of carbonyl (C=O) groups excluding carboxylic acids is 1. The van der Waals surface area contributed by atoms with Gasteiger partial charge < -0.3 is 10.1 Å². The van der Waals surface area contributed by atoms with E-state index in [0.717, 1.165) is 11.3 Å². The highest BCUT2D eigenvalue weighted by Gasteiger charge is 2.19. The maximum Gasteiger partial charge on any atom is 0.343 e. The molecule has 0 aliphatic carbocycles. The monoisotopic (exact) mass is 277 g/mol. The lowest BCUT2D eigenvalue weighted by atomic mass is 10.2. The van der Waals surface area contributed by atoms with Crippen LogP contribution in [0, 0.1) is 13.8 Å². The predicted octanol–water partition coefficient (Wildman–Crippen LogP) is 3.08. The molecule has 0 saturated carbocycles. The summed E-state index contributed by atoms with van der Waals surface area (Å²) >= 11 is 1.24. The van der Waals surface area contributed by atoms with Crippen molar-refractivity contribution in [2.24, 2.45) is 0 Å². The van der Waals surface area contributed by atoms with Crippen molar-refractivity contribution in [3.8, 4) is 0 Å². The lowest BCUT2D eigenvalue weighted by Crippen LogP contribution is -2.07. The molecule has 5 nitrogen and oxygen atoms in total. The number of nitrogens with zero attached hydrogens (tertiary/aromatic N) is 2. The van der Waals surface area contributed by atoms with Gasteiger partial charge in [0.05, 0.1) is 24.2 Å². The Bertz CT molecular complexity index is 595. The fraction of sp³-hybridized carbons (Fsp3) is 0.308. The highest BCUT2D eigenvalue weighted by molar-refractivity contribution is 7.10. The summed E-state index contributed by atoms with van der Waals surface area (Å²) in [6.45, 7) is 5.88. The van der Waals surface area contributed by atoms with Gasteiger partial charge in [0.25, 0.3) is 0 Å². The predicted molar refractivity (Wildman–Crippen MR) is 75.1 cm³/mol. The van der Waals surface area contributed by atoms with E-state index in [0.29, 0.717) is 22.9 Å². The van der Waals surface area contributed by atoms with E-state index >= 15 is 0 Å². The van der Waals surface area contributed by atoms with Crippen molar-refractivity contribution in [3.05, 3.63) is 35.3 Å². The van der Waals surface area contributed by atoms with Gasteiger partial charge in [-0.3, -0.25) is 4.98 Å². The molecule has 0 aliphatic heterocycles. The second-order valence-corrected chi connectivity index (χ2v) is 4.84. The van der Waals surface area contributed by atoms with E-state index in [1.165, 1.54) is 11.5 Å². The van der Waals surface area contributed by atoms with Gasteiger partial charge in [0.1, 0.15) is 10.6 Å². The average molecular weight is 277 g/mol. The minimum atomic E-state index is -0.350. The lowest BCUT2D eigenvalue weighted by molar-refractivity contribution is 0.0527. The van der Waals surface area contributed by atoms with Crippen molar-refractivity contribution >= 4 is 28.2 Å². The number of ether oxygens (including phenoxy) is 1. The first-order valence-electron chi connectivity index (χ1n) is 5.94. The molecule has 0 radical (unpaired) electrons. The van der Waals surface area contributed by atoms with E-state index < -0.39 is 0 Å². The number of anilines is 2. The lowest BCUT2D eigenvalue weighted by Gasteiger charge is -2.07. The van der Waals surface area contributed by atoms with E-state index in [4.69, 9.17) is 4.74 Å². The molecular formula is C13H15N3O2S. The van der Waals surface area contributed by atoms with Crippen LogP contribution in [0.4, 0.5) is 10.7 Å². The Kier molecular flexibility index (Phi) is 4.11. The van der Waals surface area contributed by atoms with Gasteiger partial charge in [-0.25, -0.2) is 4.79 Å². The molecule has 0 atom stereocenters. The summed E-state index contributed by atoms with van der Waals surface area (Å²) in [6.07, 6.45) is 3.48.